The van der Waals surface area contributed by atoms with Crippen LogP contribution in [0.3, 0.4) is 0 Å². The van der Waals surface area contributed by atoms with E-state index in [-0.39, 0.29) is 36.3 Å². The predicted octanol–water partition coefficient (Wildman–Crippen LogP) is 2.91. The average molecular weight is 514 g/mol. The number of alkyl halides is 1. The molecule has 0 radical (unpaired) electrons. The first kappa shape index (κ1) is 28.8. The summed E-state index contributed by atoms with van der Waals surface area (Å²) in [7, 11) is 0. The third kappa shape index (κ3) is 10.8. The fraction of sp³-hybridized carbons (Fsp3) is 0.826. The summed E-state index contributed by atoms with van der Waals surface area (Å²) in [5.41, 5.74) is 10.6. The molecule has 0 bridgehead atoms. The Hall–Kier alpha value is -2.43. The number of carboxylic acid groups (broad SMARTS) is 1. The number of nitrogens with zero attached hydrogens (tertiary/aromatic N) is 3. The lowest BCUT2D eigenvalue weighted by Crippen LogP contribution is -2.51. The second-order valence-corrected chi connectivity index (χ2v) is 10.3. The van der Waals surface area contributed by atoms with E-state index in [4.69, 9.17) is 23.1 Å². The number of carboxylic acids is 1. The summed E-state index contributed by atoms with van der Waals surface area (Å²) in [6, 6.07) is -2.83. The molecule has 11 nitrogen and oxygen atoms in total. The second kappa shape index (κ2) is 14.9. The molecule has 3 amide bonds. The zero-order valence-corrected chi connectivity index (χ0v) is 21.3. The van der Waals surface area contributed by atoms with Crippen molar-refractivity contribution < 1.29 is 19.5 Å². The fourth-order valence-corrected chi connectivity index (χ4v) is 5.02. The van der Waals surface area contributed by atoms with Crippen LogP contribution >= 0.6 is 11.6 Å². The van der Waals surface area contributed by atoms with Gasteiger partial charge in [0.25, 0.3) is 0 Å². The number of amides is 3. The highest BCUT2D eigenvalue weighted by Crippen LogP contribution is 2.30. The van der Waals surface area contributed by atoms with Crippen LogP contribution in [0.5, 0.6) is 0 Å². The van der Waals surface area contributed by atoms with Gasteiger partial charge >= 0.3 is 12.0 Å². The van der Waals surface area contributed by atoms with Gasteiger partial charge in [0.05, 0.1) is 6.04 Å². The van der Waals surface area contributed by atoms with Gasteiger partial charge in [-0.3, -0.25) is 9.79 Å². The van der Waals surface area contributed by atoms with E-state index in [1.807, 2.05) is 0 Å². The Kier molecular flexibility index (Phi) is 12.2. The zero-order valence-electron chi connectivity index (χ0n) is 20.5. The maximum atomic E-state index is 13.0. The molecule has 0 aromatic heterocycles. The van der Waals surface area contributed by atoms with Crippen LogP contribution < -0.4 is 22.1 Å². The van der Waals surface area contributed by atoms with Crippen molar-refractivity contribution in [3.05, 3.63) is 0 Å². The van der Waals surface area contributed by atoms with E-state index in [9.17, 15) is 19.5 Å². The highest BCUT2D eigenvalue weighted by molar-refractivity contribution is 6.20. The monoisotopic (exact) mass is 513 g/mol. The number of hydrogen-bond acceptors (Lipinski definition) is 5. The molecule has 0 heterocycles. The molecule has 2 aliphatic rings. The van der Waals surface area contributed by atoms with Gasteiger partial charge in [-0.15, -0.1) is 11.6 Å². The van der Waals surface area contributed by atoms with Gasteiger partial charge in [0, 0.05) is 11.9 Å². The first-order valence-corrected chi connectivity index (χ1v) is 13.0. The van der Waals surface area contributed by atoms with Crippen LogP contribution in [-0.4, -0.2) is 59.0 Å². The van der Waals surface area contributed by atoms with Crippen LogP contribution in [0, 0.1) is 11.8 Å². The molecule has 2 fully saturated rings. The SMILES string of the molecule is CC1CCC(N=NC(=O)NC(CC2CCCCC2)C(=O)NC(CCCN=C(N)N)C(=O)O)CC1Cl. The molecule has 7 N–H and O–H groups in total. The maximum Gasteiger partial charge on any atom is 0.359 e. The van der Waals surface area contributed by atoms with Gasteiger partial charge in [-0.05, 0) is 50.4 Å². The number of nitrogens with one attached hydrogen (secondary N) is 2. The molecule has 5 atom stereocenters. The lowest BCUT2D eigenvalue weighted by molar-refractivity contribution is -0.142. The second-order valence-electron chi connectivity index (χ2n) is 9.77. The molecule has 12 heteroatoms. The fourth-order valence-electron chi connectivity index (χ4n) is 4.68. The van der Waals surface area contributed by atoms with E-state index >= 15 is 0 Å². The number of carbonyl (C=O) groups excluding carboxylic acids is 2. The third-order valence-electron chi connectivity index (χ3n) is 6.85. The number of hydrogen-bond donors (Lipinski definition) is 5. The molecule has 0 aliphatic heterocycles. The van der Waals surface area contributed by atoms with E-state index in [0.717, 1.165) is 44.9 Å². The van der Waals surface area contributed by atoms with E-state index in [2.05, 4.69) is 32.8 Å². The lowest BCUT2D eigenvalue weighted by Gasteiger charge is -2.28. The van der Waals surface area contributed by atoms with Crippen LogP contribution in [-0.2, 0) is 9.59 Å². The van der Waals surface area contributed by atoms with Crippen molar-refractivity contribution in [3.63, 3.8) is 0 Å². The molecule has 2 rings (SSSR count). The van der Waals surface area contributed by atoms with Crippen molar-refractivity contribution in [2.45, 2.75) is 101 Å². The van der Waals surface area contributed by atoms with Gasteiger partial charge in [0.15, 0.2) is 5.96 Å². The third-order valence-corrected chi connectivity index (χ3v) is 7.46. The first-order valence-electron chi connectivity index (χ1n) is 12.6. The van der Waals surface area contributed by atoms with Crippen LogP contribution in [0.1, 0.15) is 77.6 Å². The van der Waals surface area contributed by atoms with Crippen molar-refractivity contribution in [3.8, 4) is 0 Å². The van der Waals surface area contributed by atoms with Gasteiger partial charge in [-0.1, -0.05) is 44.1 Å². The summed E-state index contributed by atoms with van der Waals surface area (Å²) in [4.78, 5) is 41.1. The molecule has 0 aromatic carbocycles. The van der Waals surface area contributed by atoms with Crippen molar-refractivity contribution in [1.82, 2.24) is 10.6 Å². The Bertz CT molecular complexity index is 769. The van der Waals surface area contributed by atoms with E-state index in [0.29, 0.717) is 25.2 Å². The molecule has 35 heavy (non-hydrogen) atoms. The molecule has 2 aliphatic carbocycles. The molecular weight excluding hydrogens is 474 g/mol. The molecule has 0 aromatic rings. The highest BCUT2D eigenvalue weighted by Gasteiger charge is 2.30. The number of azo groups is 1. The summed E-state index contributed by atoms with van der Waals surface area (Å²) >= 11 is 6.32. The summed E-state index contributed by atoms with van der Waals surface area (Å²) in [5.74, 6) is -1.09. The van der Waals surface area contributed by atoms with Crippen LogP contribution in [0.4, 0.5) is 4.79 Å². The Morgan fingerprint density at radius 2 is 1.77 bits per heavy atom. The van der Waals surface area contributed by atoms with Gasteiger partial charge in [-0.2, -0.15) is 5.11 Å². The van der Waals surface area contributed by atoms with Crippen molar-refractivity contribution >= 4 is 35.5 Å². The predicted molar refractivity (Wildman–Crippen MR) is 134 cm³/mol. The zero-order chi connectivity index (χ0) is 25.8. The highest BCUT2D eigenvalue weighted by atomic mass is 35.5. The molecular formula is C23H40ClN7O4. The Labute approximate surface area is 211 Å². The normalized spacial score (nSPS) is 24.9. The summed E-state index contributed by atoms with van der Waals surface area (Å²) in [5, 5.41) is 22.7. The Balaban J connectivity index is 1.99. The minimum Gasteiger partial charge on any atom is -0.480 e. The number of aliphatic carboxylic acids is 1. The number of halogens is 1. The molecule has 2 saturated carbocycles. The van der Waals surface area contributed by atoms with Crippen molar-refractivity contribution in [1.29, 1.82) is 0 Å². The number of guanidine groups is 1. The molecule has 0 spiro atoms. The van der Waals surface area contributed by atoms with E-state index in [1.54, 1.807) is 0 Å². The minimum atomic E-state index is -1.16. The number of aliphatic imine (C=N–C) groups is 1. The van der Waals surface area contributed by atoms with Crippen LogP contribution in [0.25, 0.3) is 0 Å². The smallest absolute Gasteiger partial charge is 0.359 e. The Morgan fingerprint density at radius 1 is 1.06 bits per heavy atom. The van der Waals surface area contributed by atoms with E-state index < -0.39 is 30.0 Å². The summed E-state index contributed by atoms with van der Waals surface area (Å²) < 4.78 is 0. The van der Waals surface area contributed by atoms with Gasteiger partial charge in [0.1, 0.15) is 12.1 Å². The molecule has 0 saturated heterocycles. The van der Waals surface area contributed by atoms with Gasteiger partial charge in [-0.25, -0.2) is 9.59 Å². The maximum absolute atomic E-state index is 13.0. The topological polar surface area (TPSA) is 185 Å². The first-order chi connectivity index (χ1) is 16.7. The number of urea groups is 1. The largest absolute Gasteiger partial charge is 0.480 e. The average Bonchev–Trinajstić information content (AvgIpc) is 2.81. The standard InChI is InChI=1S/C23H40ClN7O4/c1-14-9-10-16(13-17(14)24)30-31-23(35)29-19(12-15-6-3-2-4-7-15)20(32)28-18(21(33)34)8-5-11-27-22(25)26/h14-19H,2-13H2,1H3,(H,28,32)(H,29,35)(H,33,34)(H4,25,26,27). The van der Waals surface area contributed by atoms with Crippen molar-refractivity contribution in [2.75, 3.05) is 6.54 Å². The molecule has 5 unspecified atom stereocenters. The van der Waals surface area contributed by atoms with Gasteiger partial charge < -0.3 is 27.2 Å². The lowest BCUT2D eigenvalue weighted by atomic mass is 9.84. The van der Waals surface area contributed by atoms with Crippen molar-refractivity contribution in [2.24, 2.45) is 38.5 Å². The van der Waals surface area contributed by atoms with Crippen LogP contribution in [0.15, 0.2) is 15.2 Å². The van der Waals surface area contributed by atoms with Crippen LogP contribution in [0.2, 0.25) is 0 Å². The quantitative estimate of drug-likeness (QED) is 0.0928. The number of carbonyl (C=O) groups is 3. The number of nitrogens with two attached hydrogens (primary N) is 2. The van der Waals surface area contributed by atoms with E-state index in [1.165, 1.54) is 0 Å². The Morgan fingerprint density at radius 3 is 2.40 bits per heavy atom. The molecule has 198 valence electrons. The minimum absolute atomic E-state index is 0.000486. The summed E-state index contributed by atoms with van der Waals surface area (Å²) in [6.45, 7) is 2.35. The summed E-state index contributed by atoms with van der Waals surface area (Å²) in [6.07, 6.45) is 8.62. The van der Waals surface area contributed by atoms with Gasteiger partial charge in [0.2, 0.25) is 5.91 Å². The number of rotatable bonds is 11.